The van der Waals surface area contributed by atoms with Gasteiger partial charge in [-0.25, -0.2) is 4.72 Å². The van der Waals surface area contributed by atoms with Crippen LogP contribution in [0.15, 0.2) is 47.5 Å². The molecule has 29 heavy (non-hydrogen) atoms. The van der Waals surface area contributed by atoms with E-state index >= 15 is 0 Å². The van der Waals surface area contributed by atoms with E-state index in [0.29, 0.717) is 18.9 Å². The summed E-state index contributed by atoms with van der Waals surface area (Å²) in [5, 5.41) is 1.10. The topological polar surface area (TPSA) is 87.2 Å². The number of aromatic amines is 1. The summed E-state index contributed by atoms with van der Waals surface area (Å²) in [5.74, 6) is 0.467. The standard InChI is InChI=1S/C21H28N4O3S/c1-15(2)13-25-14-18(8-10-23-29(27,28)24(3)4)19-6-5-16(11-20(19)25)17-7-9-22-21(26)12-17/h5-7,9,11-12,14-15,23H,8,10,13H2,1-4H3,(H,22,26). The lowest BCUT2D eigenvalue weighted by atomic mass is 10.0. The van der Waals surface area contributed by atoms with E-state index in [1.54, 1.807) is 12.3 Å². The van der Waals surface area contributed by atoms with Gasteiger partial charge in [0.1, 0.15) is 0 Å². The number of aromatic nitrogens is 2. The minimum absolute atomic E-state index is 0.131. The van der Waals surface area contributed by atoms with Gasteiger partial charge in [0.05, 0.1) is 0 Å². The molecule has 3 rings (SSSR count). The van der Waals surface area contributed by atoms with E-state index in [0.717, 1.165) is 34.1 Å². The van der Waals surface area contributed by atoms with E-state index in [1.165, 1.54) is 18.4 Å². The molecule has 2 heterocycles. The zero-order chi connectivity index (χ0) is 21.2. The second-order valence-corrected chi connectivity index (χ2v) is 9.77. The van der Waals surface area contributed by atoms with Crippen molar-refractivity contribution >= 4 is 21.1 Å². The zero-order valence-electron chi connectivity index (χ0n) is 17.3. The Labute approximate surface area is 171 Å². The Morgan fingerprint density at radius 3 is 2.52 bits per heavy atom. The quantitative estimate of drug-likeness (QED) is 0.592. The highest BCUT2D eigenvalue weighted by atomic mass is 32.2. The van der Waals surface area contributed by atoms with Crippen molar-refractivity contribution in [1.29, 1.82) is 0 Å². The molecular formula is C21H28N4O3S. The molecule has 0 fully saturated rings. The molecule has 0 saturated heterocycles. The van der Waals surface area contributed by atoms with Crippen LogP contribution in [-0.4, -0.2) is 42.9 Å². The third-order valence-corrected chi connectivity index (χ3v) is 6.32. The summed E-state index contributed by atoms with van der Waals surface area (Å²) in [6.45, 7) is 5.52. The van der Waals surface area contributed by atoms with Gasteiger partial charge in [-0.3, -0.25) is 4.79 Å². The number of rotatable bonds is 8. The highest BCUT2D eigenvalue weighted by molar-refractivity contribution is 7.87. The molecule has 2 N–H and O–H groups in total. The van der Waals surface area contributed by atoms with E-state index in [2.05, 4.69) is 46.5 Å². The number of fused-ring (bicyclic) bond motifs is 1. The largest absolute Gasteiger partial charge is 0.347 e. The predicted octanol–water partition coefficient (Wildman–Crippen LogP) is 2.59. The van der Waals surface area contributed by atoms with E-state index < -0.39 is 10.2 Å². The highest BCUT2D eigenvalue weighted by Crippen LogP contribution is 2.28. The minimum atomic E-state index is -3.44. The summed E-state index contributed by atoms with van der Waals surface area (Å²) in [6.07, 6.45) is 4.35. The minimum Gasteiger partial charge on any atom is -0.347 e. The molecular weight excluding hydrogens is 388 g/mol. The summed E-state index contributed by atoms with van der Waals surface area (Å²) in [7, 11) is -0.423. The number of H-pyrrole nitrogens is 1. The molecule has 0 radical (unpaired) electrons. The maximum Gasteiger partial charge on any atom is 0.278 e. The average Bonchev–Trinajstić information content (AvgIpc) is 2.98. The first-order valence-electron chi connectivity index (χ1n) is 9.65. The third kappa shape index (κ3) is 4.95. The molecule has 0 saturated carbocycles. The molecule has 0 atom stereocenters. The Bertz CT molecular complexity index is 1160. The van der Waals surface area contributed by atoms with Crippen molar-refractivity contribution in [1.82, 2.24) is 18.6 Å². The van der Waals surface area contributed by atoms with Gasteiger partial charge in [-0.05, 0) is 41.2 Å². The number of benzene rings is 1. The number of nitrogens with one attached hydrogen (secondary N) is 2. The first-order chi connectivity index (χ1) is 13.7. The molecule has 0 aliphatic heterocycles. The van der Waals surface area contributed by atoms with E-state index in [-0.39, 0.29) is 5.56 Å². The van der Waals surface area contributed by atoms with Crippen molar-refractivity contribution < 1.29 is 8.42 Å². The second kappa shape index (κ2) is 8.52. The SMILES string of the molecule is CC(C)Cn1cc(CCNS(=O)(=O)N(C)C)c2ccc(-c3cc[nH]c(=O)c3)cc21. The van der Waals surface area contributed by atoms with Crippen LogP contribution in [0.2, 0.25) is 0 Å². The zero-order valence-corrected chi connectivity index (χ0v) is 18.1. The van der Waals surface area contributed by atoms with Gasteiger partial charge in [-0.15, -0.1) is 0 Å². The van der Waals surface area contributed by atoms with E-state index in [4.69, 9.17) is 0 Å². The highest BCUT2D eigenvalue weighted by Gasteiger charge is 2.15. The monoisotopic (exact) mass is 416 g/mol. The van der Waals surface area contributed by atoms with Crippen LogP contribution in [0.1, 0.15) is 19.4 Å². The lowest BCUT2D eigenvalue weighted by Gasteiger charge is -2.11. The number of hydrogen-bond donors (Lipinski definition) is 2. The maximum atomic E-state index is 11.9. The predicted molar refractivity (Wildman–Crippen MR) is 117 cm³/mol. The molecule has 0 aliphatic rings. The van der Waals surface area contributed by atoms with Gasteiger partial charge < -0.3 is 9.55 Å². The summed E-state index contributed by atoms with van der Waals surface area (Å²) in [5.41, 5.74) is 3.90. The van der Waals surface area contributed by atoms with Crippen LogP contribution in [-0.2, 0) is 23.2 Å². The second-order valence-electron chi connectivity index (χ2n) is 7.81. The Hall–Kier alpha value is -2.42. The van der Waals surface area contributed by atoms with Gasteiger partial charge >= 0.3 is 0 Å². The Morgan fingerprint density at radius 2 is 1.86 bits per heavy atom. The van der Waals surface area contributed by atoms with Crippen molar-refractivity contribution in [2.24, 2.45) is 5.92 Å². The van der Waals surface area contributed by atoms with Gasteiger partial charge in [-0.1, -0.05) is 26.0 Å². The molecule has 3 aromatic rings. The molecule has 0 bridgehead atoms. The maximum absolute atomic E-state index is 11.9. The first kappa shape index (κ1) is 21.3. The number of hydrogen-bond acceptors (Lipinski definition) is 3. The number of nitrogens with zero attached hydrogens (tertiary/aromatic N) is 2. The lowest BCUT2D eigenvalue weighted by molar-refractivity contribution is 0.506. The van der Waals surface area contributed by atoms with Crippen molar-refractivity contribution in [2.45, 2.75) is 26.8 Å². The van der Waals surface area contributed by atoms with Gasteiger partial charge in [0.25, 0.3) is 10.2 Å². The molecule has 0 amide bonds. The molecule has 7 nitrogen and oxygen atoms in total. The molecule has 2 aromatic heterocycles. The van der Waals surface area contributed by atoms with E-state index in [1.807, 2.05) is 12.1 Å². The molecule has 0 aliphatic carbocycles. The third-order valence-electron chi connectivity index (χ3n) is 4.79. The molecule has 0 spiro atoms. The first-order valence-corrected chi connectivity index (χ1v) is 11.1. The molecule has 8 heteroatoms. The Balaban J connectivity index is 1.96. The van der Waals surface area contributed by atoms with Crippen molar-refractivity contribution in [3.8, 4) is 11.1 Å². The fourth-order valence-corrected chi connectivity index (χ4v) is 3.98. The van der Waals surface area contributed by atoms with Crippen LogP contribution in [0, 0.1) is 5.92 Å². The van der Waals surface area contributed by atoms with Crippen molar-refractivity contribution in [2.75, 3.05) is 20.6 Å². The summed E-state index contributed by atoms with van der Waals surface area (Å²) >= 11 is 0. The van der Waals surface area contributed by atoms with Crippen LogP contribution in [0.5, 0.6) is 0 Å². The van der Waals surface area contributed by atoms with Gasteiger partial charge in [0.2, 0.25) is 5.56 Å². The Kier molecular flexibility index (Phi) is 6.26. The van der Waals surface area contributed by atoms with Crippen LogP contribution < -0.4 is 10.3 Å². The summed E-state index contributed by atoms with van der Waals surface area (Å²) in [6, 6.07) is 9.63. The fraction of sp³-hybridized carbons (Fsp3) is 0.381. The van der Waals surface area contributed by atoms with E-state index in [9.17, 15) is 13.2 Å². The summed E-state index contributed by atoms with van der Waals surface area (Å²) < 4.78 is 29.9. The molecule has 0 unspecified atom stereocenters. The van der Waals surface area contributed by atoms with Crippen LogP contribution in [0.4, 0.5) is 0 Å². The van der Waals surface area contributed by atoms with Gasteiger partial charge in [0.15, 0.2) is 0 Å². The Morgan fingerprint density at radius 1 is 1.14 bits per heavy atom. The van der Waals surface area contributed by atoms with Gasteiger partial charge in [-0.2, -0.15) is 12.7 Å². The normalized spacial score (nSPS) is 12.3. The molecule has 1 aromatic carbocycles. The fourth-order valence-electron chi connectivity index (χ4n) is 3.36. The van der Waals surface area contributed by atoms with Crippen LogP contribution in [0.3, 0.4) is 0 Å². The smallest absolute Gasteiger partial charge is 0.278 e. The average molecular weight is 417 g/mol. The summed E-state index contributed by atoms with van der Waals surface area (Å²) in [4.78, 5) is 14.3. The van der Waals surface area contributed by atoms with Crippen LogP contribution in [0.25, 0.3) is 22.0 Å². The van der Waals surface area contributed by atoms with Crippen molar-refractivity contribution in [3.05, 3.63) is 58.6 Å². The van der Waals surface area contributed by atoms with Crippen LogP contribution >= 0.6 is 0 Å². The lowest BCUT2D eigenvalue weighted by Crippen LogP contribution is -2.36. The number of pyridine rings is 1. The van der Waals surface area contributed by atoms with Crippen molar-refractivity contribution in [3.63, 3.8) is 0 Å². The molecule has 156 valence electrons. The van der Waals surface area contributed by atoms with Gasteiger partial charge in [0, 0.05) is 56.5 Å².